The van der Waals surface area contributed by atoms with E-state index in [1.165, 1.54) is 6.07 Å². The number of fused-ring (bicyclic) bond motifs is 1. The molecule has 0 spiro atoms. The standard InChI is InChI=1S/C20H23FN4O/c21-17-11-10-15(22-20(26)14-7-3-1-4-8-14)13-16(17)19-24-23-18-9-5-2-6-12-25(18)19/h1,3,10-11,13-14H,2,4-9,12H2,(H,22,26). The second-order valence-electron chi connectivity index (χ2n) is 7.07. The number of rotatable bonds is 3. The quantitative estimate of drug-likeness (QED) is 0.844. The maximum Gasteiger partial charge on any atom is 0.227 e. The Morgan fingerprint density at radius 3 is 2.96 bits per heavy atom. The zero-order valence-corrected chi connectivity index (χ0v) is 14.7. The van der Waals surface area contributed by atoms with Crippen molar-refractivity contribution in [1.82, 2.24) is 14.8 Å². The number of amides is 1. The Balaban J connectivity index is 1.60. The van der Waals surface area contributed by atoms with Crippen LogP contribution in [0, 0.1) is 11.7 Å². The minimum Gasteiger partial charge on any atom is -0.326 e. The van der Waals surface area contributed by atoms with Crippen molar-refractivity contribution in [3.8, 4) is 11.4 Å². The molecule has 1 amide bonds. The minimum absolute atomic E-state index is 0.00743. The fourth-order valence-electron chi connectivity index (χ4n) is 3.73. The predicted octanol–water partition coefficient (Wildman–Crippen LogP) is 4.11. The van der Waals surface area contributed by atoms with E-state index in [4.69, 9.17) is 0 Å². The van der Waals surface area contributed by atoms with Crippen LogP contribution in [0.1, 0.15) is 44.3 Å². The lowest BCUT2D eigenvalue weighted by Gasteiger charge is -2.17. The van der Waals surface area contributed by atoms with Gasteiger partial charge in [-0.3, -0.25) is 4.79 Å². The van der Waals surface area contributed by atoms with Gasteiger partial charge in [-0.2, -0.15) is 0 Å². The lowest BCUT2D eigenvalue weighted by Crippen LogP contribution is -2.23. The van der Waals surface area contributed by atoms with Crippen LogP contribution in [0.2, 0.25) is 0 Å². The van der Waals surface area contributed by atoms with E-state index in [1.807, 2.05) is 4.57 Å². The van der Waals surface area contributed by atoms with Gasteiger partial charge in [-0.25, -0.2) is 4.39 Å². The Bertz CT molecular complexity index is 842. The topological polar surface area (TPSA) is 59.8 Å². The molecule has 5 nitrogen and oxygen atoms in total. The first kappa shape index (κ1) is 16.9. The molecule has 4 rings (SSSR count). The van der Waals surface area contributed by atoms with Gasteiger partial charge in [-0.1, -0.05) is 18.6 Å². The summed E-state index contributed by atoms with van der Waals surface area (Å²) in [6.07, 6.45) is 10.9. The van der Waals surface area contributed by atoms with E-state index in [2.05, 4.69) is 27.7 Å². The van der Waals surface area contributed by atoms with E-state index in [1.54, 1.807) is 12.1 Å². The first-order valence-electron chi connectivity index (χ1n) is 9.40. The van der Waals surface area contributed by atoms with Gasteiger partial charge in [0.2, 0.25) is 5.91 Å². The molecule has 2 aliphatic rings. The molecule has 136 valence electrons. The summed E-state index contributed by atoms with van der Waals surface area (Å²) < 4.78 is 16.5. The van der Waals surface area contributed by atoms with Crippen molar-refractivity contribution in [2.24, 2.45) is 5.92 Å². The van der Waals surface area contributed by atoms with E-state index in [-0.39, 0.29) is 17.6 Å². The fraction of sp³-hybridized carbons (Fsp3) is 0.450. The zero-order valence-electron chi connectivity index (χ0n) is 14.7. The van der Waals surface area contributed by atoms with Gasteiger partial charge < -0.3 is 9.88 Å². The summed E-state index contributed by atoms with van der Waals surface area (Å²) in [4.78, 5) is 12.5. The van der Waals surface area contributed by atoms with Gasteiger partial charge in [0.15, 0.2) is 5.82 Å². The second-order valence-corrected chi connectivity index (χ2v) is 7.07. The third-order valence-electron chi connectivity index (χ3n) is 5.22. The summed E-state index contributed by atoms with van der Waals surface area (Å²) in [5, 5.41) is 11.4. The summed E-state index contributed by atoms with van der Waals surface area (Å²) in [6, 6.07) is 4.67. The highest BCUT2D eigenvalue weighted by molar-refractivity contribution is 5.93. The Labute approximate surface area is 152 Å². The summed E-state index contributed by atoms with van der Waals surface area (Å²) in [5.41, 5.74) is 0.999. The van der Waals surface area contributed by atoms with Gasteiger partial charge in [0.25, 0.3) is 0 Å². The Morgan fingerprint density at radius 1 is 1.19 bits per heavy atom. The first-order chi connectivity index (χ1) is 12.7. The Morgan fingerprint density at radius 2 is 2.12 bits per heavy atom. The molecule has 0 saturated carbocycles. The number of carbonyl (C=O) groups is 1. The van der Waals surface area contributed by atoms with Crippen LogP contribution in [-0.2, 0) is 17.8 Å². The summed E-state index contributed by atoms with van der Waals surface area (Å²) in [5.74, 6) is 1.10. The predicted molar refractivity (Wildman–Crippen MR) is 98.1 cm³/mol. The normalized spacial score (nSPS) is 19.7. The SMILES string of the molecule is O=C(Nc1ccc(F)c(-c2nnc3n2CCCCC3)c1)C1CC=CCC1. The maximum absolute atomic E-state index is 14.5. The molecule has 26 heavy (non-hydrogen) atoms. The van der Waals surface area contributed by atoms with Gasteiger partial charge in [0, 0.05) is 24.6 Å². The number of aromatic nitrogens is 3. The minimum atomic E-state index is -0.344. The van der Waals surface area contributed by atoms with Crippen molar-refractivity contribution in [2.75, 3.05) is 5.32 Å². The lowest BCUT2D eigenvalue weighted by atomic mass is 9.93. The molecule has 2 heterocycles. The van der Waals surface area contributed by atoms with Gasteiger partial charge in [0.1, 0.15) is 11.6 Å². The highest BCUT2D eigenvalue weighted by atomic mass is 19.1. The summed E-state index contributed by atoms with van der Waals surface area (Å²) in [6.45, 7) is 0.808. The van der Waals surface area contributed by atoms with E-state index in [9.17, 15) is 9.18 Å². The number of anilines is 1. The lowest BCUT2D eigenvalue weighted by molar-refractivity contribution is -0.120. The van der Waals surface area contributed by atoms with Crippen LogP contribution < -0.4 is 5.32 Å². The molecule has 0 bridgehead atoms. The van der Waals surface area contributed by atoms with Crippen molar-refractivity contribution in [1.29, 1.82) is 0 Å². The molecule has 0 fully saturated rings. The third kappa shape index (κ3) is 3.41. The molecule has 2 aromatic rings. The van der Waals surface area contributed by atoms with Gasteiger partial charge in [0.05, 0.1) is 5.56 Å². The van der Waals surface area contributed by atoms with Gasteiger partial charge in [-0.15, -0.1) is 10.2 Å². The number of halogens is 1. The third-order valence-corrected chi connectivity index (χ3v) is 5.22. The number of nitrogens with one attached hydrogen (secondary N) is 1. The van der Waals surface area contributed by atoms with Crippen LogP contribution in [-0.4, -0.2) is 20.7 Å². The highest BCUT2D eigenvalue weighted by Crippen LogP contribution is 2.28. The molecule has 0 radical (unpaired) electrons. The molecule has 6 heteroatoms. The fourth-order valence-corrected chi connectivity index (χ4v) is 3.73. The molecule has 1 aromatic heterocycles. The maximum atomic E-state index is 14.5. The van der Waals surface area contributed by atoms with Gasteiger partial charge in [-0.05, 0) is 50.3 Å². The Hall–Kier alpha value is -2.50. The molecule has 1 N–H and O–H groups in total. The number of benzene rings is 1. The van der Waals surface area contributed by atoms with Crippen LogP contribution >= 0.6 is 0 Å². The molecule has 0 saturated heterocycles. The van der Waals surface area contributed by atoms with Crippen LogP contribution in [0.5, 0.6) is 0 Å². The average molecular weight is 354 g/mol. The molecule has 1 atom stereocenters. The molecule has 1 aliphatic heterocycles. The number of nitrogens with zero attached hydrogens (tertiary/aromatic N) is 3. The number of aryl methyl sites for hydroxylation is 1. The van der Waals surface area contributed by atoms with Gasteiger partial charge >= 0.3 is 0 Å². The molecular formula is C20H23FN4O. The number of carbonyl (C=O) groups excluding carboxylic acids is 1. The largest absolute Gasteiger partial charge is 0.326 e. The number of allylic oxidation sites excluding steroid dienone is 2. The number of hydrogen-bond acceptors (Lipinski definition) is 3. The molecular weight excluding hydrogens is 331 g/mol. The van der Waals surface area contributed by atoms with E-state index in [0.29, 0.717) is 17.1 Å². The first-order valence-corrected chi connectivity index (χ1v) is 9.40. The Kier molecular flexibility index (Phi) is 4.82. The van der Waals surface area contributed by atoms with Crippen LogP contribution in [0.15, 0.2) is 30.4 Å². The molecule has 1 aliphatic carbocycles. The average Bonchev–Trinajstić information content (AvgIpc) is 2.92. The molecule has 1 aromatic carbocycles. The van der Waals surface area contributed by atoms with Crippen molar-refractivity contribution >= 4 is 11.6 Å². The van der Waals surface area contributed by atoms with Crippen molar-refractivity contribution in [3.05, 3.63) is 42.0 Å². The van der Waals surface area contributed by atoms with Crippen LogP contribution in [0.25, 0.3) is 11.4 Å². The summed E-state index contributed by atoms with van der Waals surface area (Å²) in [7, 11) is 0. The molecule has 1 unspecified atom stereocenters. The monoisotopic (exact) mass is 354 g/mol. The highest BCUT2D eigenvalue weighted by Gasteiger charge is 2.21. The van der Waals surface area contributed by atoms with Crippen molar-refractivity contribution < 1.29 is 9.18 Å². The van der Waals surface area contributed by atoms with Crippen LogP contribution in [0.3, 0.4) is 0 Å². The number of hydrogen-bond donors (Lipinski definition) is 1. The zero-order chi connectivity index (χ0) is 17.9. The van der Waals surface area contributed by atoms with E-state index < -0.39 is 0 Å². The van der Waals surface area contributed by atoms with Crippen molar-refractivity contribution in [2.45, 2.75) is 51.5 Å². The summed E-state index contributed by atoms with van der Waals surface area (Å²) >= 11 is 0. The van der Waals surface area contributed by atoms with Crippen LogP contribution in [0.4, 0.5) is 10.1 Å². The van der Waals surface area contributed by atoms with E-state index >= 15 is 0 Å². The van der Waals surface area contributed by atoms with E-state index in [0.717, 1.165) is 57.3 Å². The second kappa shape index (κ2) is 7.40. The smallest absolute Gasteiger partial charge is 0.227 e. The van der Waals surface area contributed by atoms with Crippen molar-refractivity contribution in [3.63, 3.8) is 0 Å².